The van der Waals surface area contributed by atoms with E-state index in [0.29, 0.717) is 55.3 Å². The zero-order valence-corrected chi connectivity index (χ0v) is 24.2. The van der Waals surface area contributed by atoms with Gasteiger partial charge in [0, 0.05) is 30.4 Å². The van der Waals surface area contributed by atoms with Gasteiger partial charge in [-0.25, -0.2) is 4.39 Å². The van der Waals surface area contributed by atoms with E-state index < -0.39 is 5.82 Å². The molecule has 2 heterocycles. The van der Waals surface area contributed by atoms with Crippen molar-refractivity contribution in [2.24, 2.45) is 5.92 Å². The number of aliphatic hydroxyl groups is 1. The standard InChI is InChI=1S/C29H46FN7O4/c1-2-24(25-9-6-12-31-25)34-29-36-27(32-20-21-7-4-3-5-8-21)35-28(37-29)33-22-10-11-26(23(30)19-22)41-18-17-40-16-15-39-14-13-38/h10-11,19,21,24-25,31,38H,2-9,12-18,20H2,1H3,(H3,32,33,34,35,36,37). The van der Waals surface area contributed by atoms with Crippen molar-refractivity contribution in [1.29, 1.82) is 0 Å². The van der Waals surface area contributed by atoms with Crippen molar-refractivity contribution in [3.05, 3.63) is 24.0 Å². The molecule has 2 unspecified atom stereocenters. The maximum atomic E-state index is 14.8. The fraction of sp³-hybridized carbons (Fsp3) is 0.690. The molecule has 1 aliphatic heterocycles. The number of nitrogens with one attached hydrogen (secondary N) is 4. The molecule has 1 saturated carbocycles. The van der Waals surface area contributed by atoms with Gasteiger partial charge in [-0.2, -0.15) is 15.0 Å². The van der Waals surface area contributed by atoms with Crippen LogP contribution < -0.4 is 26.0 Å². The summed E-state index contributed by atoms with van der Waals surface area (Å²) in [6, 6.07) is 5.24. The van der Waals surface area contributed by atoms with Gasteiger partial charge >= 0.3 is 0 Å². The predicted octanol–water partition coefficient (Wildman–Crippen LogP) is 4.09. The van der Waals surface area contributed by atoms with Crippen LogP contribution in [0.15, 0.2) is 18.2 Å². The fourth-order valence-electron chi connectivity index (χ4n) is 5.33. The van der Waals surface area contributed by atoms with Crippen molar-refractivity contribution in [2.75, 3.05) is 68.7 Å². The average molecular weight is 576 g/mol. The summed E-state index contributed by atoms with van der Waals surface area (Å²) in [5, 5.41) is 22.3. The Balaban J connectivity index is 1.37. The monoisotopic (exact) mass is 575 g/mol. The van der Waals surface area contributed by atoms with Crippen LogP contribution >= 0.6 is 0 Å². The number of hydrogen-bond acceptors (Lipinski definition) is 11. The first-order valence-electron chi connectivity index (χ1n) is 15.1. The molecule has 41 heavy (non-hydrogen) atoms. The Morgan fingerprint density at radius 2 is 1.71 bits per heavy atom. The molecule has 0 radical (unpaired) electrons. The van der Waals surface area contributed by atoms with Crippen molar-refractivity contribution in [3.63, 3.8) is 0 Å². The van der Waals surface area contributed by atoms with E-state index in [4.69, 9.17) is 19.3 Å². The summed E-state index contributed by atoms with van der Waals surface area (Å²) in [4.78, 5) is 13.9. The number of hydrogen-bond donors (Lipinski definition) is 5. The van der Waals surface area contributed by atoms with Crippen LogP contribution in [0.2, 0.25) is 0 Å². The van der Waals surface area contributed by atoms with Gasteiger partial charge in [-0.1, -0.05) is 26.2 Å². The van der Waals surface area contributed by atoms with Crippen LogP contribution in [0.25, 0.3) is 0 Å². The van der Waals surface area contributed by atoms with E-state index in [-0.39, 0.29) is 31.6 Å². The highest BCUT2D eigenvalue weighted by atomic mass is 19.1. The average Bonchev–Trinajstić information content (AvgIpc) is 3.53. The third-order valence-corrected chi connectivity index (χ3v) is 7.53. The highest BCUT2D eigenvalue weighted by Crippen LogP contribution is 2.26. The summed E-state index contributed by atoms with van der Waals surface area (Å²) in [5.41, 5.74) is 0.506. The lowest BCUT2D eigenvalue weighted by atomic mass is 9.89. The minimum absolute atomic E-state index is 0.0193. The van der Waals surface area contributed by atoms with Gasteiger partial charge in [-0.15, -0.1) is 0 Å². The minimum Gasteiger partial charge on any atom is -0.488 e. The van der Waals surface area contributed by atoms with Crippen molar-refractivity contribution >= 4 is 23.5 Å². The molecular formula is C29H46FN7O4. The van der Waals surface area contributed by atoms with Crippen LogP contribution in [0.1, 0.15) is 58.3 Å². The highest BCUT2D eigenvalue weighted by Gasteiger charge is 2.24. The second kappa shape index (κ2) is 17.2. The third kappa shape index (κ3) is 10.5. The number of anilines is 4. The number of rotatable bonds is 18. The Morgan fingerprint density at radius 3 is 2.44 bits per heavy atom. The molecule has 0 amide bonds. The first kappa shape index (κ1) is 31.1. The topological polar surface area (TPSA) is 135 Å². The molecular weight excluding hydrogens is 529 g/mol. The normalized spacial score (nSPS) is 18.3. The molecule has 1 aliphatic carbocycles. The van der Waals surface area contributed by atoms with E-state index in [1.807, 2.05) is 0 Å². The number of halogens is 1. The molecule has 1 saturated heterocycles. The first-order valence-corrected chi connectivity index (χ1v) is 15.1. The second-order valence-electron chi connectivity index (χ2n) is 10.6. The Morgan fingerprint density at radius 1 is 0.951 bits per heavy atom. The molecule has 11 nitrogen and oxygen atoms in total. The molecule has 2 atom stereocenters. The third-order valence-electron chi connectivity index (χ3n) is 7.53. The summed E-state index contributed by atoms with van der Waals surface area (Å²) >= 11 is 0. The number of aliphatic hydroxyl groups excluding tert-OH is 1. The van der Waals surface area contributed by atoms with Gasteiger partial charge in [-0.05, 0) is 56.7 Å². The molecule has 2 fully saturated rings. The Bertz CT molecular complexity index is 1040. The smallest absolute Gasteiger partial charge is 0.233 e. The van der Waals surface area contributed by atoms with E-state index in [1.165, 1.54) is 44.6 Å². The van der Waals surface area contributed by atoms with Crippen LogP contribution in [0.5, 0.6) is 5.75 Å². The zero-order valence-electron chi connectivity index (χ0n) is 24.2. The molecule has 2 aliphatic rings. The lowest BCUT2D eigenvalue weighted by molar-refractivity contribution is 0.0244. The maximum Gasteiger partial charge on any atom is 0.233 e. The van der Waals surface area contributed by atoms with Crippen LogP contribution in [-0.2, 0) is 9.47 Å². The largest absolute Gasteiger partial charge is 0.488 e. The summed E-state index contributed by atoms with van der Waals surface area (Å²) < 4.78 is 30.8. The molecule has 1 aromatic carbocycles. The fourth-order valence-corrected chi connectivity index (χ4v) is 5.33. The number of ether oxygens (including phenoxy) is 3. The Labute approximate surface area is 242 Å². The van der Waals surface area contributed by atoms with Gasteiger partial charge in [-0.3, -0.25) is 0 Å². The summed E-state index contributed by atoms with van der Waals surface area (Å²) in [5.74, 6) is 1.60. The van der Waals surface area contributed by atoms with Gasteiger partial charge in [0.15, 0.2) is 11.6 Å². The summed E-state index contributed by atoms with van der Waals surface area (Å²) in [6.45, 7) is 5.54. The number of nitrogens with zero attached hydrogens (tertiary/aromatic N) is 3. The lowest BCUT2D eigenvalue weighted by Crippen LogP contribution is -2.40. The van der Waals surface area contributed by atoms with Gasteiger partial charge in [0.1, 0.15) is 6.61 Å². The molecule has 0 bridgehead atoms. The van der Waals surface area contributed by atoms with Gasteiger partial charge in [0.05, 0.1) is 33.0 Å². The summed E-state index contributed by atoms with van der Waals surface area (Å²) in [7, 11) is 0. The van der Waals surface area contributed by atoms with Crippen molar-refractivity contribution in [2.45, 2.75) is 70.4 Å². The Hall–Kier alpha value is -2.80. The van der Waals surface area contributed by atoms with Crippen LogP contribution in [0, 0.1) is 11.7 Å². The van der Waals surface area contributed by atoms with Crippen LogP contribution in [0.4, 0.5) is 27.9 Å². The quantitative estimate of drug-likeness (QED) is 0.165. The van der Waals surface area contributed by atoms with Crippen molar-refractivity contribution in [3.8, 4) is 5.75 Å². The minimum atomic E-state index is -0.498. The summed E-state index contributed by atoms with van der Waals surface area (Å²) in [6.07, 6.45) is 9.52. The van der Waals surface area contributed by atoms with E-state index in [1.54, 1.807) is 12.1 Å². The van der Waals surface area contributed by atoms with Crippen molar-refractivity contribution in [1.82, 2.24) is 20.3 Å². The van der Waals surface area contributed by atoms with Crippen LogP contribution in [0.3, 0.4) is 0 Å². The molecule has 5 N–H and O–H groups in total. The number of aromatic nitrogens is 3. The lowest BCUT2D eigenvalue weighted by Gasteiger charge is -2.24. The predicted molar refractivity (Wildman–Crippen MR) is 158 cm³/mol. The Kier molecular flexibility index (Phi) is 13.1. The first-order chi connectivity index (χ1) is 20.1. The molecule has 2 aromatic rings. The molecule has 0 spiro atoms. The van der Waals surface area contributed by atoms with Gasteiger partial charge < -0.3 is 40.6 Å². The maximum absolute atomic E-state index is 14.8. The zero-order chi connectivity index (χ0) is 28.7. The molecule has 4 rings (SSSR count). The van der Waals surface area contributed by atoms with Crippen LogP contribution in [-0.4, -0.2) is 84.9 Å². The molecule has 12 heteroatoms. The van der Waals surface area contributed by atoms with E-state index in [0.717, 1.165) is 25.9 Å². The SMILES string of the molecule is CCC(Nc1nc(NCC2CCCCC2)nc(Nc2ccc(OCCOCCOCCO)c(F)c2)n1)C1CCCN1. The molecule has 1 aromatic heterocycles. The van der Waals surface area contributed by atoms with Gasteiger partial charge in [0.2, 0.25) is 17.8 Å². The number of benzene rings is 1. The van der Waals surface area contributed by atoms with Gasteiger partial charge in [0.25, 0.3) is 0 Å². The second-order valence-corrected chi connectivity index (χ2v) is 10.6. The van der Waals surface area contributed by atoms with E-state index in [2.05, 4.69) is 43.1 Å². The van der Waals surface area contributed by atoms with Crippen molar-refractivity contribution < 1.29 is 23.7 Å². The highest BCUT2D eigenvalue weighted by molar-refractivity contribution is 5.57. The van der Waals surface area contributed by atoms with E-state index in [9.17, 15) is 4.39 Å². The molecule has 228 valence electrons. The van der Waals surface area contributed by atoms with E-state index >= 15 is 0 Å².